The summed E-state index contributed by atoms with van der Waals surface area (Å²) in [5.41, 5.74) is 0.362. The van der Waals surface area contributed by atoms with E-state index in [4.69, 9.17) is 10.5 Å². The highest BCUT2D eigenvalue weighted by Gasteiger charge is 2.38. The first kappa shape index (κ1) is 13.6. The van der Waals surface area contributed by atoms with Gasteiger partial charge in [-0.1, -0.05) is 0 Å². The molecule has 1 atom stereocenters. The van der Waals surface area contributed by atoms with Crippen molar-refractivity contribution in [1.29, 1.82) is 0 Å². The standard InChI is InChI=1S/C8H13F3N2O2S/c9-8(10,11)16-4-2-13-6(14)7(12)1-3-15-5-7/h1-5,12H2,(H,13,14). The van der Waals surface area contributed by atoms with Gasteiger partial charge in [-0.05, 0) is 18.2 Å². The van der Waals surface area contributed by atoms with Gasteiger partial charge in [-0.2, -0.15) is 13.2 Å². The fourth-order valence-corrected chi connectivity index (χ4v) is 1.70. The lowest BCUT2D eigenvalue weighted by atomic mass is 9.99. The SMILES string of the molecule is NC1(C(=O)NCCSC(F)(F)F)CCOC1. The Kier molecular flexibility index (Phi) is 4.45. The normalized spacial score (nSPS) is 25.8. The molecule has 1 aliphatic heterocycles. The van der Waals surface area contributed by atoms with Crippen molar-refractivity contribution >= 4 is 17.7 Å². The summed E-state index contributed by atoms with van der Waals surface area (Å²) in [6, 6.07) is 0. The molecule has 1 rings (SSSR count). The van der Waals surface area contributed by atoms with Gasteiger partial charge in [0.1, 0.15) is 5.54 Å². The highest BCUT2D eigenvalue weighted by molar-refractivity contribution is 8.00. The van der Waals surface area contributed by atoms with Gasteiger partial charge in [-0.15, -0.1) is 0 Å². The Morgan fingerprint density at radius 3 is 2.75 bits per heavy atom. The molecule has 1 fully saturated rings. The maximum absolute atomic E-state index is 11.8. The van der Waals surface area contributed by atoms with E-state index in [0.29, 0.717) is 13.0 Å². The molecule has 0 bridgehead atoms. The van der Waals surface area contributed by atoms with Crippen LogP contribution in [0, 0.1) is 0 Å². The maximum Gasteiger partial charge on any atom is 0.441 e. The number of carbonyl (C=O) groups is 1. The second-order valence-electron chi connectivity index (χ2n) is 3.51. The van der Waals surface area contributed by atoms with Gasteiger partial charge in [0.15, 0.2) is 0 Å². The first-order chi connectivity index (χ1) is 7.33. The molecule has 8 heteroatoms. The third-order valence-electron chi connectivity index (χ3n) is 2.16. The Labute approximate surface area is 95.1 Å². The van der Waals surface area contributed by atoms with Crippen molar-refractivity contribution < 1.29 is 22.7 Å². The molecule has 0 radical (unpaired) electrons. The van der Waals surface area contributed by atoms with Crippen molar-refractivity contribution in [2.45, 2.75) is 17.5 Å². The maximum atomic E-state index is 11.8. The minimum Gasteiger partial charge on any atom is -0.379 e. The molecule has 1 aliphatic rings. The van der Waals surface area contributed by atoms with Gasteiger partial charge in [0.05, 0.1) is 6.61 Å². The van der Waals surface area contributed by atoms with Gasteiger partial charge in [-0.3, -0.25) is 4.79 Å². The fraction of sp³-hybridized carbons (Fsp3) is 0.875. The number of alkyl halides is 3. The van der Waals surface area contributed by atoms with E-state index in [2.05, 4.69) is 5.32 Å². The molecule has 0 saturated carbocycles. The summed E-state index contributed by atoms with van der Waals surface area (Å²) >= 11 is -0.170. The van der Waals surface area contributed by atoms with Gasteiger partial charge in [0.25, 0.3) is 0 Å². The summed E-state index contributed by atoms with van der Waals surface area (Å²) in [5.74, 6) is -0.667. The van der Waals surface area contributed by atoms with Crippen molar-refractivity contribution in [3.8, 4) is 0 Å². The summed E-state index contributed by atoms with van der Waals surface area (Å²) < 4.78 is 40.3. The Morgan fingerprint density at radius 1 is 1.56 bits per heavy atom. The lowest BCUT2D eigenvalue weighted by Gasteiger charge is -2.20. The highest BCUT2D eigenvalue weighted by atomic mass is 32.2. The van der Waals surface area contributed by atoms with Crippen molar-refractivity contribution in [3.05, 3.63) is 0 Å². The second-order valence-corrected chi connectivity index (χ2v) is 4.67. The van der Waals surface area contributed by atoms with E-state index in [1.165, 1.54) is 0 Å². The van der Waals surface area contributed by atoms with Gasteiger partial charge in [0, 0.05) is 18.9 Å². The van der Waals surface area contributed by atoms with Crippen LogP contribution in [0.5, 0.6) is 0 Å². The summed E-state index contributed by atoms with van der Waals surface area (Å²) in [5, 5.41) is 2.37. The molecule has 1 amide bonds. The first-order valence-electron chi connectivity index (χ1n) is 4.69. The van der Waals surface area contributed by atoms with E-state index >= 15 is 0 Å². The molecule has 1 heterocycles. The number of thioether (sulfide) groups is 1. The van der Waals surface area contributed by atoms with E-state index in [9.17, 15) is 18.0 Å². The molecule has 0 aromatic rings. The summed E-state index contributed by atoms with van der Waals surface area (Å²) in [6.45, 7) is 0.467. The Morgan fingerprint density at radius 2 is 2.25 bits per heavy atom. The van der Waals surface area contributed by atoms with Crippen LogP contribution in [0.15, 0.2) is 0 Å². The Balaban J connectivity index is 2.20. The zero-order chi connectivity index (χ0) is 12.2. The fourth-order valence-electron chi connectivity index (χ4n) is 1.27. The third kappa shape index (κ3) is 4.18. The lowest BCUT2D eigenvalue weighted by molar-refractivity contribution is -0.126. The van der Waals surface area contributed by atoms with Crippen LogP contribution in [0.3, 0.4) is 0 Å². The molecule has 1 saturated heterocycles. The van der Waals surface area contributed by atoms with Crippen LogP contribution >= 0.6 is 11.8 Å². The topological polar surface area (TPSA) is 64.4 Å². The van der Waals surface area contributed by atoms with Gasteiger partial charge in [0.2, 0.25) is 5.91 Å². The average Bonchev–Trinajstić information content (AvgIpc) is 2.59. The number of rotatable bonds is 4. The molecular formula is C8H13F3N2O2S. The minimum absolute atomic E-state index is 0.0536. The van der Waals surface area contributed by atoms with E-state index in [1.807, 2.05) is 0 Å². The van der Waals surface area contributed by atoms with Crippen LogP contribution < -0.4 is 11.1 Å². The highest BCUT2D eigenvalue weighted by Crippen LogP contribution is 2.29. The number of ether oxygens (including phenoxy) is 1. The third-order valence-corrected chi connectivity index (χ3v) is 2.89. The van der Waals surface area contributed by atoms with E-state index in [-0.39, 0.29) is 30.7 Å². The Hall–Kier alpha value is -0.470. The van der Waals surface area contributed by atoms with E-state index < -0.39 is 17.0 Å². The van der Waals surface area contributed by atoms with Crippen LogP contribution in [0.25, 0.3) is 0 Å². The quantitative estimate of drug-likeness (QED) is 0.720. The number of carbonyl (C=O) groups excluding carboxylic acids is 1. The molecular weight excluding hydrogens is 245 g/mol. The smallest absolute Gasteiger partial charge is 0.379 e. The van der Waals surface area contributed by atoms with Gasteiger partial charge >= 0.3 is 5.51 Å². The Bertz CT molecular complexity index is 254. The molecule has 3 N–H and O–H groups in total. The van der Waals surface area contributed by atoms with Gasteiger partial charge in [-0.25, -0.2) is 0 Å². The number of amides is 1. The number of hydrogen-bond donors (Lipinski definition) is 2. The summed E-state index contributed by atoms with van der Waals surface area (Å²) in [4.78, 5) is 11.5. The van der Waals surface area contributed by atoms with E-state index in [0.717, 1.165) is 0 Å². The second kappa shape index (κ2) is 5.24. The van der Waals surface area contributed by atoms with Crippen LogP contribution in [0.2, 0.25) is 0 Å². The van der Waals surface area contributed by atoms with Crippen LogP contribution in [0.1, 0.15) is 6.42 Å². The van der Waals surface area contributed by atoms with Crippen LogP contribution in [-0.4, -0.2) is 42.5 Å². The van der Waals surface area contributed by atoms with E-state index in [1.54, 1.807) is 0 Å². The molecule has 0 aromatic heterocycles. The number of nitrogens with two attached hydrogens (primary N) is 1. The van der Waals surface area contributed by atoms with Crippen LogP contribution in [-0.2, 0) is 9.53 Å². The molecule has 16 heavy (non-hydrogen) atoms. The molecule has 0 spiro atoms. The average molecular weight is 258 g/mol. The molecule has 0 aliphatic carbocycles. The largest absolute Gasteiger partial charge is 0.441 e. The number of nitrogens with one attached hydrogen (secondary N) is 1. The zero-order valence-electron chi connectivity index (χ0n) is 8.47. The zero-order valence-corrected chi connectivity index (χ0v) is 9.29. The predicted molar refractivity (Wildman–Crippen MR) is 53.9 cm³/mol. The van der Waals surface area contributed by atoms with Crippen molar-refractivity contribution in [2.24, 2.45) is 5.73 Å². The van der Waals surface area contributed by atoms with Crippen LogP contribution in [0.4, 0.5) is 13.2 Å². The number of halogens is 3. The lowest BCUT2D eigenvalue weighted by Crippen LogP contribution is -2.54. The van der Waals surface area contributed by atoms with Gasteiger partial charge < -0.3 is 15.8 Å². The number of hydrogen-bond acceptors (Lipinski definition) is 4. The summed E-state index contributed by atoms with van der Waals surface area (Å²) in [7, 11) is 0. The molecule has 1 unspecified atom stereocenters. The molecule has 94 valence electrons. The summed E-state index contributed by atoms with van der Waals surface area (Å²) in [6.07, 6.45) is 0.394. The van der Waals surface area contributed by atoms with Crippen molar-refractivity contribution in [3.63, 3.8) is 0 Å². The van der Waals surface area contributed by atoms with Crippen molar-refractivity contribution in [2.75, 3.05) is 25.5 Å². The molecule has 4 nitrogen and oxygen atoms in total. The molecule has 0 aromatic carbocycles. The predicted octanol–water partition coefficient (Wildman–Crippen LogP) is 0.473. The first-order valence-corrected chi connectivity index (χ1v) is 5.68. The monoisotopic (exact) mass is 258 g/mol. The minimum atomic E-state index is -4.26. The van der Waals surface area contributed by atoms with Crippen molar-refractivity contribution in [1.82, 2.24) is 5.32 Å².